The van der Waals surface area contributed by atoms with Gasteiger partial charge in [0, 0.05) is 38.0 Å². The molecule has 23 heavy (non-hydrogen) atoms. The summed E-state index contributed by atoms with van der Waals surface area (Å²) in [6.07, 6.45) is 9.02. The largest absolute Gasteiger partial charge is 0.479 e. The van der Waals surface area contributed by atoms with Gasteiger partial charge in [-0.3, -0.25) is 9.48 Å². The molecule has 3 fully saturated rings. The smallest absolute Gasteiger partial charge is 0.331 e. The van der Waals surface area contributed by atoms with Gasteiger partial charge < -0.3 is 10.0 Å². The van der Waals surface area contributed by atoms with Crippen LogP contribution in [0.4, 0.5) is 0 Å². The summed E-state index contributed by atoms with van der Waals surface area (Å²) < 4.78 is 1.58. The number of carboxylic acids is 1. The number of amides is 1. The molecular formula is C17H23N3O3. The minimum Gasteiger partial charge on any atom is -0.479 e. The number of carbonyl (C=O) groups excluding carboxylic acids is 1. The summed E-state index contributed by atoms with van der Waals surface area (Å²) in [6.45, 7) is 2.93. The Balaban J connectivity index is 1.46. The summed E-state index contributed by atoms with van der Waals surface area (Å²) in [6, 6.07) is 0. The molecule has 0 aromatic carbocycles. The molecule has 1 aromatic heterocycles. The van der Waals surface area contributed by atoms with Crippen molar-refractivity contribution >= 4 is 11.9 Å². The molecule has 1 saturated heterocycles. The number of rotatable bonds is 3. The third kappa shape index (κ3) is 2.11. The lowest BCUT2D eigenvalue weighted by Crippen LogP contribution is -2.53. The van der Waals surface area contributed by atoms with Crippen molar-refractivity contribution in [2.24, 2.45) is 11.3 Å². The zero-order valence-corrected chi connectivity index (χ0v) is 13.5. The summed E-state index contributed by atoms with van der Waals surface area (Å²) in [4.78, 5) is 26.4. The molecule has 1 amide bonds. The van der Waals surface area contributed by atoms with Gasteiger partial charge in [0.05, 0.1) is 6.20 Å². The van der Waals surface area contributed by atoms with Gasteiger partial charge in [-0.15, -0.1) is 0 Å². The van der Waals surface area contributed by atoms with E-state index in [9.17, 15) is 14.7 Å². The number of carboxylic acid groups (broad SMARTS) is 1. The summed E-state index contributed by atoms with van der Waals surface area (Å²) in [5.41, 5.74) is 0.273. The first-order chi connectivity index (χ1) is 11.0. The Hall–Kier alpha value is -1.85. The maximum Gasteiger partial charge on any atom is 0.331 e. The molecule has 0 bridgehead atoms. The fourth-order valence-electron chi connectivity index (χ4n) is 4.39. The number of piperidine rings is 1. The number of hydrogen-bond donors (Lipinski definition) is 1. The zero-order valence-electron chi connectivity index (χ0n) is 13.5. The number of hydrogen-bond acceptors (Lipinski definition) is 3. The number of aliphatic carboxylic acids is 1. The maximum atomic E-state index is 12.6. The van der Waals surface area contributed by atoms with Crippen LogP contribution in [0.1, 0.15) is 44.1 Å². The Kier molecular flexibility index (Phi) is 3.09. The van der Waals surface area contributed by atoms with E-state index in [4.69, 9.17) is 0 Å². The van der Waals surface area contributed by atoms with Crippen molar-refractivity contribution in [2.45, 2.75) is 51.0 Å². The monoisotopic (exact) mass is 317 g/mol. The second-order valence-corrected chi connectivity index (χ2v) is 7.60. The minimum atomic E-state index is -1.01. The molecule has 2 saturated carbocycles. The van der Waals surface area contributed by atoms with Crippen molar-refractivity contribution in [2.75, 3.05) is 13.1 Å². The lowest BCUT2D eigenvalue weighted by molar-refractivity contribution is -0.154. The molecule has 124 valence electrons. The molecule has 1 N–H and O–H groups in total. The van der Waals surface area contributed by atoms with Gasteiger partial charge >= 0.3 is 5.97 Å². The van der Waals surface area contributed by atoms with Crippen molar-refractivity contribution in [3.05, 3.63) is 18.0 Å². The molecule has 6 nitrogen and oxygen atoms in total. The molecule has 0 unspecified atom stereocenters. The normalized spacial score (nSPS) is 27.5. The van der Waals surface area contributed by atoms with E-state index in [0.717, 1.165) is 12.0 Å². The van der Waals surface area contributed by atoms with Gasteiger partial charge in [-0.05, 0) is 37.2 Å². The Morgan fingerprint density at radius 2 is 1.96 bits per heavy atom. The van der Waals surface area contributed by atoms with E-state index in [1.807, 2.05) is 11.8 Å². The molecule has 2 heterocycles. The Morgan fingerprint density at radius 1 is 1.26 bits per heavy atom. The van der Waals surface area contributed by atoms with Gasteiger partial charge in [0.1, 0.15) is 0 Å². The van der Waals surface area contributed by atoms with Crippen LogP contribution in [0.25, 0.3) is 0 Å². The Labute approximate surface area is 135 Å². The number of aryl methyl sites for hydroxylation is 1. The van der Waals surface area contributed by atoms with Crippen LogP contribution in [0.2, 0.25) is 0 Å². The average molecular weight is 317 g/mol. The highest BCUT2D eigenvalue weighted by atomic mass is 16.4. The highest BCUT2D eigenvalue weighted by molar-refractivity contribution is 5.84. The maximum absolute atomic E-state index is 12.6. The average Bonchev–Trinajstić information content (AvgIpc) is 3.14. The van der Waals surface area contributed by atoms with Crippen molar-refractivity contribution in [3.63, 3.8) is 0 Å². The first-order valence-electron chi connectivity index (χ1n) is 8.51. The second kappa shape index (κ2) is 4.82. The van der Waals surface area contributed by atoms with E-state index < -0.39 is 11.5 Å². The first kappa shape index (κ1) is 14.7. The predicted octanol–water partition coefficient (Wildman–Crippen LogP) is 1.78. The van der Waals surface area contributed by atoms with Crippen molar-refractivity contribution in [1.29, 1.82) is 0 Å². The van der Waals surface area contributed by atoms with Crippen LogP contribution in [0.3, 0.4) is 0 Å². The Bertz CT molecular complexity index is 654. The van der Waals surface area contributed by atoms with Crippen LogP contribution in [0, 0.1) is 18.3 Å². The van der Waals surface area contributed by atoms with Crippen LogP contribution in [0.15, 0.2) is 12.4 Å². The molecule has 2 aliphatic carbocycles. The summed E-state index contributed by atoms with van der Waals surface area (Å²) in [7, 11) is 0. The van der Waals surface area contributed by atoms with Gasteiger partial charge in [-0.2, -0.15) is 5.10 Å². The van der Waals surface area contributed by atoms with E-state index >= 15 is 0 Å². The molecule has 4 rings (SSSR count). The van der Waals surface area contributed by atoms with Gasteiger partial charge in [-0.1, -0.05) is 6.42 Å². The van der Waals surface area contributed by atoms with Crippen LogP contribution < -0.4 is 0 Å². The highest BCUT2D eigenvalue weighted by Gasteiger charge is 2.62. The molecule has 1 spiro atoms. The topological polar surface area (TPSA) is 75.4 Å². The molecule has 1 aromatic rings. The van der Waals surface area contributed by atoms with Gasteiger partial charge in [0.25, 0.3) is 0 Å². The van der Waals surface area contributed by atoms with E-state index in [0.29, 0.717) is 31.3 Å². The summed E-state index contributed by atoms with van der Waals surface area (Å²) in [5.74, 6) is -0.393. The van der Waals surface area contributed by atoms with E-state index in [2.05, 4.69) is 5.10 Å². The number of nitrogens with zero attached hydrogens (tertiary/aromatic N) is 3. The number of aromatic nitrogens is 2. The van der Waals surface area contributed by atoms with E-state index in [1.165, 1.54) is 19.3 Å². The predicted molar refractivity (Wildman–Crippen MR) is 82.8 cm³/mol. The number of carbonyl (C=O) groups is 2. The fraction of sp³-hybridized carbons (Fsp3) is 0.706. The van der Waals surface area contributed by atoms with Crippen LogP contribution in [0.5, 0.6) is 0 Å². The fourth-order valence-corrected chi connectivity index (χ4v) is 4.39. The standard InChI is InChI=1S/C17H23N3O3/c1-12-10-18-20(11-12)17(15(22)23)5-7-19(8-6-17)14(21)13-9-16(13)3-2-4-16/h10-11,13H,2-9H2,1H3,(H,22,23)/t13-/m0/s1. The zero-order chi connectivity index (χ0) is 16.2. The molecule has 0 radical (unpaired) electrons. The van der Waals surface area contributed by atoms with Crippen molar-refractivity contribution in [1.82, 2.24) is 14.7 Å². The lowest BCUT2D eigenvalue weighted by Gasteiger charge is -2.39. The van der Waals surface area contributed by atoms with Crippen LogP contribution in [-0.2, 0) is 15.1 Å². The minimum absolute atomic E-state index is 0.209. The van der Waals surface area contributed by atoms with Gasteiger partial charge in [0.2, 0.25) is 5.91 Å². The van der Waals surface area contributed by atoms with Crippen LogP contribution in [-0.4, -0.2) is 44.8 Å². The lowest BCUT2D eigenvalue weighted by atomic mass is 9.79. The van der Waals surface area contributed by atoms with Gasteiger partial charge in [0.15, 0.2) is 5.54 Å². The molecular weight excluding hydrogens is 294 g/mol. The summed E-state index contributed by atoms with van der Waals surface area (Å²) >= 11 is 0. The Morgan fingerprint density at radius 3 is 2.39 bits per heavy atom. The van der Waals surface area contributed by atoms with E-state index in [1.54, 1.807) is 17.1 Å². The van der Waals surface area contributed by atoms with Gasteiger partial charge in [-0.25, -0.2) is 4.79 Å². The molecule has 3 aliphatic rings. The van der Waals surface area contributed by atoms with Crippen LogP contribution >= 0.6 is 0 Å². The quantitative estimate of drug-likeness (QED) is 0.922. The van der Waals surface area contributed by atoms with Crippen molar-refractivity contribution < 1.29 is 14.7 Å². The second-order valence-electron chi connectivity index (χ2n) is 7.60. The third-order valence-corrected chi connectivity index (χ3v) is 6.29. The van der Waals surface area contributed by atoms with E-state index in [-0.39, 0.29) is 11.8 Å². The highest BCUT2D eigenvalue weighted by Crippen LogP contribution is 2.66. The summed E-state index contributed by atoms with van der Waals surface area (Å²) in [5, 5.41) is 14.0. The van der Waals surface area contributed by atoms with Crippen molar-refractivity contribution in [3.8, 4) is 0 Å². The third-order valence-electron chi connectivity index (χ3n) is 6.29. The SMILES string of the molecule is Cc1cnn(C2(C(=O)O)CCN(C(=O)[C@@H]3CC34CCC4)CC2)c1. The first-order valence-corrected chi connectivity index (χ1v) is 8.51. The number of likely N-dealkylation sites (tertiary alicyclic amines) is 1. The molecule has 1 aliphatic heterocycles. The molecule has 6 heteroatoms. The molecule has 1 atom stereocenters.